The van der Waals surface area contributed by atoms with Crippen LogP contribution in [0.15, 0.2) is 0 Å². The van der Waals surface area contributed by atoms with Gasteiger partial charge in [0.1, 0.15) is 0 Å². The summed E-state index contributed by atoms with van der Waals surface area (Å²) in [5.74, 6) is 0. The van der Waals surface area contributed by atoms with Gasteiger partial charge in [-0.05, 0) is 0 Å². The summed E-state index contributed by atoms with van der Waals surface area (Å²) in [6, 6.07) is 0. The summed E-state index contributed by atoms with van der Waals surface area (Å²) in [5.41, 5.74) is 0. The molecule has 64 valence electrons. The molecule has 0 heterocycles. The van der Waals surface area contributed by atoms with Gasteiger partial charge in [-0.1, -0.05) is 0 Å². The molecule has 0 amide bonds. The van der Waals surface area contributed by atoms with Gasteiger partial charge in [-0.2, -0.15) is 8.42 Å². The van der Waals surface area contributed by atoms with E-state index in [9.17, 15) is 8.42 Å². The van der Waals surface area contributed by atoms with Crippen molar-refractivity contribution in [2.24, 2.45) is 0 Å². The first-order valence-corrected chi connectivity index (χ1v) is 4.67. The van der Waals surface area contributed by atoms with Crippen molar-refractivity contribution in [1.82, 2.24) is 0 Å². The molecule has 0 saturated heterocycles. The molecule has 0 aliphatic heterocycles. The summed E-state index contributed by atoms with van der Waals surface area (Å²) < 4.78 is 29.7. The molecular formula is H8Ca2O7SSi. The van der Waals surface area contributed by atoms with Gasteiger partial charge >= 0.3 is 94.9 Å². The third-order valence-corrected chi connectivity index (χ3v) is 1.95. The maximum atomic E-state index is 9.53. The SMILES string of the molecule is O=S(=O)(O)O[Si](O)(O)O.[Ca+2].[Ca+2].[H-].[H-].[H-].[H-]. The van der Waals surface area contributed by atoms with Crippen molar-refractivity contribution < 1.29 is 36.9 Å². The summed E-state index contributed by atoms with van der Waals surface area (Å²) in [6.45, 7) is 0. The molecule has 0 atom stereocenters. The maximum absolute atomic E-state index is 9.53. The van der Waals surface area contributed by atoms with Gasteiger partial charge in [0.05, 0.1) is 0 Å². The minimum Gasteiger partial charge on any atom is -1.00 e. The normalized spacial score (nSPS) is 11.3. The second-order valence-electron chi connectivity index (χ2n) is 1.08. The predicted octanol–water partition coefficient (Wildman–Crippen LogP) is -3.09. The molecule has 0 saturated carbocycles. The minimum absolute atomic E-state index is 0. The van der Waals surface area contributed by atoms with Gasteiger partial charge in [0.25, 0.3) is 0 Å². The Morgan fingerprint density at radius 2 is 1.45 bits per heavy atom. The molecular weight excluding hydrogens is 252 g/mol. The Bertz CT molecular complexity index is 190. The van der Waals surface area contributed by atoms with Crippen LogP contribution in [0.3, 0.4) is 0 Å². The first-order valence-electron chi connectivity index (χ1n) is 1.56. The molecule has 0 aliphatic carbocycles. The van der Waals surface area contributed by atoms with Crippen LogP contribution < -0.4 is 0 Å². The standard InChI is InChI=1S/2Ca.H4O7SSi.4H/c;;1-8(2,3)7-9(4,5)6;;;;/h;;4-6H,(H,1,2,3);;;;/q2*+2;;4*-1. The van der Waals surface area contributed by atoms with E-state index in [0.717, 1.165) is 0 Å². The fraction of sp³-hybridized carbons (Fsp3) is 0. The fourth-order valence-corrected chi connectivity index (χ4v) is 1.27. The molecule has 0 radical (unpaired) electrons. The molecule has 4 N–H and O–H groups in total. The Hall–Kier alpha value is 2.49. The summed E-state index contributed by atoms with van der Waals surface area (Å²) >= 11 is 0. The van der Waals surface area contributed by atoms with Gasteiger partial charge in [0, 0.05) is 0 Å². The summed E-state index contributed by atoms with van der Waals surface area (Å²) in [7, 11) is -10.1. The molecule has 7 nitrogen and oxygen atoms in total. The second kappa shape index (κ2) is 6.87. The van der Waals surface area contributed by atoms with Gasteiger partial charge in [-0.3, -0.25) is 4.55 Å². The summed E-state index contributed by atoms with van der Waals surface area (Å²) in [4.78, 5) is 23.5. The fourth-order valence-electron chi connectivity index (χ4n) is 0.141. The molecule has 11 heteroatoms. The van der Waals surface area contributed by atoms with E-state index in [1.54, 1.807) is 0 Å². The van der Waals surface area contributed by atoms with E-state index >= 15 is 0 Å². The monoisotopic (exact) mass is 260 g/mol. The van der Waals surface area contributed by atoms with Gasteiger partial charge in [-0.15, -0.1) is 0 Å². The van der Waals surface area contributed by atoms with E-state index in [-0.39, 0.29) is 81.2 Å². The topological polar surface area (TPSA) is 124 Å². The van der Waals surface area contributed by atoms with Crippen LogP contribution in [-0.2, 0) is 14.3 Å². The third-order valence-electron chi connectivity index (χ3n) is 0.217. The molecule has 0 bridgehead atoms. The number of hydrogen-bond donors (Lipinski definition) is 4. The molecule has 0 aromatic rings. The third kappa shape index (κ3) is 19.1. The molecule has 0 aromatic heterocycles. The van der Waals surface area contributed by atoms with Gasteiger partial charge in [-0.25, -0.2) is 3.87 Å². The van der Waals surface area contributed by atoms with E-state index in [1.807, 2.05) is 0 Å². The maximum Gasteiger partial charge on any atom is 2.00 e. The summed E-state index contributed by atoms with van der Waals surface area (Å²) in [6.07, 6.45) is 0. The quantitative estimate of drug-likeness (QED) is 0.306. The van der Waals surface area contributed by atoms with Crippen molar-refractivity contribution in [1.29, 1.82) is 0 Å². The van der Waals surface area contributed by atoms with Crippen molar-refractivity contribution in [2.45, 2.75) is 0 Å². The molecule has 0 unspecified atom stereocenters. The van der Waals surface area contributed by atoms with Gasteiger partial charge in [0.2, 0.25) is 0 Å². The van der Waals surface area contributed by atoms with Crippen molar-refractivity contribution >= 4 is 94.9 Å². The smallest absolute Gasteiger partial charge is 1.00 e. The zero-order valence-electron chi connectivity index (χ0n) is 9.34. The van der Waals surface area contributed by atoms with Crippen LogP contribution in [0.5, 0.6) is 0 Å². The van der Waals surface area contributed by atoms with Crippen molar-refractivity contribution in [3.63, 3.8) is 0 Å². The van der Waals surface area contributed by atoms with E-state index < -0.39 is 19.4 Å². The van der Waals surface area contributed by atoms with Crippen LogP contribution >= 0.6 is 0 Å². The molecule has 0 spiro atoms. The minimum atomic E-state index is -5.13. The number of hydrogen-bond acceptors (Lipinski definition) is 6. The van der Waals surface area contributed by atoms with Gasteiger partial charge < -0.3 is 20.1 Å². The molecule has 0 rings (SSSR count). The largest absolute Gasteiger partial charge is 2.00 e. The van der Waals surface area contributed by atoms with Crippen molar-refractivity contribution in [3.05, 3.63) is 0 Å². The zero-order valence-corrected chi connectivity index (χ0v) is 11.6. The van der Waals surface area contributed by atoms with Crippen LogP contribution in [0, 0.1) is 0 Å². The van der Waals surface area contributed by atoms with E-state index in [2.05, 4.69) is 3.87 Å². The van der Waals surface area contributed by atoms with E-state index in [1.165, 1.54) is 0 Å². The van der Waals surface area contributed by atoms with Crippen LogP contribution in [0.1, 0.15) is 5.71 Å². The van der Waals surface area contributed by atoms with Crippen LogP contribution in [-0.4, -0.2) is 112 Å². The second-order valence-corrected chi connectivity index (χ2v) is 3.75. The Morgan fingerprint density at radius 3 is 1.45 bits per heavy atom. The van der Waals surface area contributed by atoms with Crippen LogP contribution in [0.2, 0.25) is 0 Å². The molecule has 11 heavy (non-hydrogen) atoms. The molecule has 0 aromatic carbocycles. The van der Waals surface area contributed by atoms with Crippen molar-refractivity contribution in [3.8, 4) is 0 Å². The van der Waals surface area contributed by atoms with Crippen molar-refractivity contribution in [2.75, 3.05) is 0 Å². The Labute approximate surface area is 130 Å². The number of rotatable bonds is 2. The first kappa shape index (κ1) is 19.1. The van der Waals surface area contributed by atoms with Gasteiger partial charge in [0.15, 0.2) is 0 Å². The Morgan fingerprint density at radius 1 is 1.18 bits per heavy atom. The first-order chi connectivity index (χ1) is 3.71. The molecule has 0 aliphatic rings. The summed E-state index contributed by atoms with van der Waals surface area (Å²) in [5, 5.41) is 0. The average Bonchev–Trinajstić information content (AvgIpc) is 1.14. The Balaban J connectivity index is -0.0000000213. The molecule has 0 fully saturated rings. The average molecular weight is 260 g/mol. The van der Waals surface area contributed by atoms with Crippen LogP contribution in [0.4, 0.5) is 0 Å². The zero-order chi connectivity index (χ0) is 7.71. The Kier molecular flexibility index (Phi) is 11.9. The van der Waals surface area contributed by atoms with E-state index in [4.69, 9.17) is 18.9 Å². The van der Waals surface area contributed by atoms with E-state index in [0.29, 0.717) is 0 Å². The van der Waals surface area contributed by atoms with Crippen LogP contribution in [0.25, 0.3) is 0 Å². The predicted molar refractivity (Wildman–Crippen MR) is 41.0 cm³/mol.